The SMILES string of the molecule is CN(C)c1ccc(-c2cc(NS(=O)(=O)c3cc(Cl)ccc3Cl)no2)cc1. The van der Waals surface area contributed by atoms with Crippen molar-refractivity contribution in [2.75, 3.05) is 23.7 Å². The van der Waals surface area contributed by atoms with Crippen molar-refractivity contribution in [1.82, 2.24) is 5.16 Å². The maximum atomic E-state index is 12.5. The van der Waals surface area contributed by atoms with Crippen LogP contribution in [0.1, 0.15) is 0 Å². The number of nitrogens with zero attached hydrogens (tertiary/aromatic N) is 2. The van der Waals surface area contributed by atoms with Crippen molar-refractivity contribution in [3.63, 3.8) is 0 Å². The van der Waals surface area contributed by atoms with E-state index in [4.69, 9.17) is 27.7 Å². The van der Waals surface area contributed by atoms with Crippen LogP contribution in [-0.4, -0.2) is 27.7 Å². The second kappa shape index (κ2) is 7.19. The van der Waals surface area contributed by atoms with E-state index < -0.39 is 10.0 Å². The van der Waals surface area contributed by atoms with E-state index in [2.05, 4.69) is 9.88 Å². The molecular formula is C17H15Cl2N3O3S. The van der Waals surface area contributed by atoms with Crippen molar-refractivity contribution >= 4 is 44.7 Å². The Morgan fingerprint density at radius 1 is 1.04 bits per heavy atom. The molecule has 136 valence electrons. The van der Waals surface area contributed by atoms with Crippen molar-refractivity contribution < 1.29 is 12.9 Å². The molecule has 0 unspecified atom stereocenters. The van der Waals surface area contributed by atoms with Gasteiger partial charge in [0.2, 0.25) is 0 Å². The van der Waals surface area contributed by atoms with Gasteiger partial charge in [0.25, 0.3) is 10.0 Å². The molecule has 0 atom stereocenters. The van der Waals surface area contributed by atoms with Crippen LogP contribution in [0.15, 0.2) is 57.9 Å². The van der Waals surface area contributed by atoms with Gasteiger partial charge >= 0.3 is 0 Å². The zero-order valence-electron chi connectivity index (χ0n) is 13.9. The summed E-state index contributed by atoms with van der Waals surface area (Å²) in [5.74, 6) is 0.484. The molecule has 0 saturated carbocycles. The first-order valence-corrected chi connectivity index (χ1v) is 9.72. The molecule has 1 aromatic heterocycles. The summed E-state index contributed by atoms with van der Waals surface area (Å²) in [5.41, 5.74) is 1.80. The Kier molecular flexibility index (Phi) is 5.13. The summed E-state index contributed by atoms with van der Waals surface area (Å²) in [6, 6.07) is 13.3. The fourth-order valence-corrected chi connectivity index (χ4v) is 4.01. The molecule has 0 aliphatic heterocycles. The molecule has 2 aromatic carbocycles. The van der Waals surface area contributed by atoms with E-state index in [0.29, 0.717) is 5.76 Å². The number of anilines is 2. The number of hydrogen-bond acceptors (Lipinski definition) is 5. The van der Waals surface area contributed by atoms with E-state index in [1.165, 1.54) is 24.3 Å². The van der Waals surface area contributed by atoms with Gasteiger partial charge in [-0.25, -0.2) is 8.42 Å². The highest BCUT2D eigenvalue weighted by Gasteiger charge is 2.20. The van der Waals surface area contributed by atoms with E-state index >= 15 is 0 Å². The zero-order chi connectivity index (χ0) is 18.9. The van der Waals surface area contributed by atoms with Crippen molar-refractivity contribution in [2.45, 2.75) is 4.90 Å². The Bertz CT molecular complexity index is 1030. The van der Waals surface area contributed by atoms with Crippen LogP contribution in [0.5, 0.6) is 0 Å². The third-order valence-corrected chi connectivity index (χ3v) is 5.67. The minimum atomic E-state index is -3.95. The molecule has 3 rings (SSSR count). The van der Waals surface area contributed by atoms with E-state index in [1.807, 2.05) is 43.3 Å². The van der Waals surface area contributed by atoms with Gasteiger partial charge in [0.1, 0.15) is 4.90 Å². The number of halogens is 2. The third-order valence-electron chi connectivity index (χ3n) is 3.60. The van der Waals surface area contributed by atoms with Crippen molar-refractivity contribution in [3.8, 4) is 11.3 Å². The molecule has 26 heavy (non-hydrogen) atoms. The molecule has 1 heterocycles. The van der Waals surface area contributed by atoms with E-state index in [1.54, 1.807) is 0 Å². The van der Waals surface area contributed by atoms with Gasteiger partial charge < -0.3 is 9.42 Å². The van der Waals surface area contributed by atoms with Crippen LogP contribution >= 0.6 is 23.2 Å². The minimum Gasteiger partial charge on any atom is -0.378 e. The molecule has 0 saturated heterocycles. The van der Waals surface area contributed by atoms with E-state index in [0.717, 1.165) is 11.3 Å². The highest BCUT2D eigenvalue weighted by molar-refractivity contribution is 7.92. The highest BCUT2D eigenvalue weighted by atomic mass is 35.5. The standard InChI is InChI=1S/C17H15Cl2N3O3S/c1-22(2)13-6-3-11(4-7-13)15-10-17(20-25-15)21-26(23,24)16-9-12(18)5-8-14(16)19/h3-10H,1-2H3,(H,20,21). The number of sulfonamides is 1. The summed E-state index contributed by atoms with van der Waals surface area (Å²) in [4.78, 5) is 1.84. The predicted molar refractivity (Wildman–Crippen MR) is 104 cm³/mol. The van der Waals surface area contributed by atoms with Crippen LogP contribution in [0.25, 0.3) is 11.3 Å². The summed E-state index contributed by atoms with van der Waals surface area (Å²) in [7, 11) is -0.0653. The maximum absolute atomic E-state index is 12.5. The Balaban J connectivity index is 1.85. The molecule has 0 fully saturated rings. The van der Waals surface area contributed by atoms with Crippen molar-refractivity contribution in [1.29, 1.82) is 0 Å². The average molecular weight is 412 g/mol. The van der Waals surface area contributed by atoms with Crippen LogP contribution in [0.2, 0.25) is 10.0 Å². The van der Waals surface area contributed by atoms with Gasteiger partial charge in [0.05, 0.1) is 5.02 Å². The fourth-order valence-electron chi connectivity index (χ4n) is 2.26. The predicted octanol–water partition coefficient (Wildman–Crippen LogP) is 4.52. The zero-order valence-corrected chi connectivity index (χ0v) is 16.2. The van der Waals surface area contributed by atoms with Crippen molar-refractivity contribution in [2.24, 2.45) is 0 Å². The van der Waals surface area contributed by atoms with Crippen LogP contribution in [0.3, 0.4) is 0 Å². The Hall–Kier alpha value is -2.22. The minimum absolute atomic E-state index is 0.0488. The Morgan fingerprint density at radius 3 is 2.38 bits per heavy atom. The summed E-state index contributed by atoms with van der Waals surface area (Å²) in [5, 5.41) is 4.08. The first-order chi connectivity index (χ1) is 12.3. The second-order valence-electron chi connectivity index (χ2n) is 5.70. The molecule has 0 amide bonds. The average Bonchev–Trinajstić information content (AvgIpc) is 3.04. The topological polar surface area (TPSA) is 75.4 Å². The molecular weight excluding hydrogens is 397 g/mol. The number of benzene rings is 2. The summed E-state index contributed by atoms with van der Waals surface area (Å²) in [6.45, 7) is 0. The van der Waals surface area contributed by atoms with E-state index in [-0.39, 0.29) is 20.8 Å². The van der Waals surface area contributed by atoms with Crippen molar-refractivity contribution in [3.05, 3.63) is 58.6 Å². The lowest BCUT2D eigenvalue weighted by Crippen LogP contribution is -2.13. The van der Waals surface area contributed by atoms with Gasteiger partial charge in [-0.15, -0.1) is 0 Å². The smallest absolute Gasteiger partial charge is 0.264 e. The normalized spacial score (nSPS) is 11.4. The monoisotopic (exact) mass is 411 g/mol. The van der Waals surface area contributed by atoms with Gasteiger partial charge in [-0.05, 0) is 42.5 Å². The van der Waals surface area contributed by atoms with Crippen LogP contribution in [0, 0.1) is 0 Å². The quantitative estimate of drug-likeness (QED) is 0.667. The van der Waals surface area contributed by atoms with Gasteiger partial charge in [-0.2, -0.15) is 0 Å². The van der Waals surface area contributed by atoms with Crippen LogP contribution in [0.4, 0.5) is 11.5 Å². The molecule has 6 nitrogen and oxygen atoms in total. The van der Waals surface area contributed by atoms with Gasteiger partial charge in [-0.1, -0.05) is 28.4 Å². The molecule has 3 aromatic rings. The Morgan fingerprint density at radius 2 is 1.73 bits per heavy atom. The van der Waals surface area contributed by atoms with Crippen LogP contribution < -0.4 is 9.62 Å². The fraction of sp³-hybridized carbons (Fsp3) is 0.118. The lowest BCUT2D eigenvalue weighted by atomic mass is 10.1. The molecule has 0 aliphatic rings. The number of rotatable bonds is 5. The summed E-state index contributed by atoms with van der Waals surface area (Å²) < 4.78 is 32.6. The molecule has 0 spiro atoms. The van der Waals surface area contributed by atoms with Gasteiger partial charge in [-0.3, -0.25) is 4.72 Å². The first-order valence-electron chi connectivity index (χ1n) is 7.48. The number of hydrogen-bond donors (Lipinski definition) is 1. The molecule has 1 N–H and O–H groups in total. The maximum Gasteiger partial charge on any atom is 0.264 e. The third kappa shape index (κ3) is 3.95. The molecule has 0 radical (unpaired) electrons. The largest absolute Gasteiger partial charge is 0.378 e. The first kappa shape index (κ1) is 18.6. The Labute approximate surface area is 161 Å². The molecule has 9 heteroatoms. The lowest BCUT2D eigenvalue weighted by Gasteiger charge is -2.11. The molecule has 0 aliphatic carbocycles. The lowest BCUT2D eigenvalue weighted by molar-refractivity contribution is 0.435. The summed E-state index contributed by atoms with van der Waals surface area (Å²) in [6.07, 6.45) is 0. The molecule has 0 bridgehead atoms. The van der Waals surface area contributed by atoms with Crippen LogP contribution in [-0.2, 0) is 10.0 Å². The van der Waals surface area contributed by atoms with Gasteiger partial charge in [0.15, 0.2) is 11.6 Å². The second-order valence-corrected chi connectivity index (χ2v) is 8.19. The van der Waals surface area contributed by atoms with E-state index in [9.17, 15) is 8.42 Å². The summed E-state index contributed by atoms with van der Waals surface area (Å²) >= 11 is 11.8. The highest BCUT2D eigenvalue weighted by Crippen LogP contribution is 2.29. The van der Waals surface area contributed by atoms with Gasteiger partial charge in [0, 0.05) is 36.4 Å². The number of aromatic nitrogens is 1. The number of nitrogens with one attached hydrogen (secondary N) is 1.